The SMILES string of the molecule is C/N=C\C(C(=C=O)N(CCc1c(C)cccc1Cl)CC(C)(C)C)=C(/C)C(F)(F)F. The van der Waals surface area contributed by atoms with Gasteiger partial charge in [0, 0.05) is 42.5 Å². The lowest BCUT2D eigenvalue weighted by molar-refractivity contribution is -0.0918. The highest BCUT2D eigenvalue weighted by atomic mass is 35.5. The molecule has 0 spiro atoms. The minimum atomic E-state index is -4.58. The van der Waals surface area contributed by atoms with Crippen LogP contribution in [0, 0.1) is 12.3 Å². The summed E-state index contributed by atoms with van der Waals surface area (Å²) in [5.74, 6) is 1.74. The number of nitrogens with zero attached hydrogens (tertiary/aromatic N) is 2. The van der Waals surface area contributed by atoms with Gasteiger partial charge >= 0.3 is 6.18 Å². The summed E-state index contributed by atoms with van der Waals surface area (Å²) in [4.78, 5) is 17.2. The predicted molar refractivity (Wildman–Crippen MR) is 113 cm³/mol. The zero-order chi connectivity index (χ0) is 22.4. The Labute approximate surface area is 176 Å². The summed E-state index contributed by atoms with van der Waals surface area (Å²) in [5.41, 5.74) is 0.329. The first-order valence-electron chi connectivity index (χ1n) is 9.26. The second-order valence-corrected chi connectivity index (χ2v) is 8.55. The summed E-state index contributed by atoms with van der Waals surface area (Å²) in [6.07, 6.45) is -3.03. The molecule has 29 heavy (non-hydrogen) atoms. The fourth-order valence-electron chi connectivity index (χ4n) is 2.98. The van der Waals surface area contributed by atoms with E-state index >= 15 is 0 Å². The molecule has 0 aliphatic heterocycles. The van der Waals surface area contributed by atoms with Gasteiger partial charge in [-0.25, -0.2) is 4.79 Å². The molecule has 0 heterocycles. The minimum Gasteiger partial charge on any atom is -0.361 e. The molecule has 0 unspecified atom stereocenters. The summed E-state index contributed by atoms with van der Waals surface area (Å²) >= 11 is 6.30. The smallest absolute Gasteiger partial charge is 0.361 e. The van der Waals surface area contributed by atoms with Crippen molar-refractivity contribution in [3.63, 3.8) is 0 Å². The molecule has 0 atom stereocenters. The van der Waals surface area contributed by atoms with Crippen molar-refractivity contribution in [1.29, 1.82) is 0 Å². The van der Waals surface area contributed by atoms with Gasteiger partial charge in [-0.3, -0.25) is 4.99 Å². The average molecular weight is 429 g/mol. The number of halogens is 4. The number of carbonyl (C=O) groups excluding carboxylic acids is 1. The second-order valence-electron chi connectivity index (χ2n) is 8.14. The van der Waals surface area contributed by atoms with Crippen LogP contribution in [0.25, 0.3) is 0 Å². The van der Waals surface area contributed by atoms with Gasteiger partial charge in [-0.1, -0.05) is 44.5 Å². The van der Waals surface area contributed by atoms with Crippen LogP contribution in [0.3, 0.4) is 0 Å². The van der Waals surface area contributed by atoms with Gasteiger partial charge in [0.05, 0.1) is 0 Å². The highest BCUT2D eigenvalue weighted by Gasteiger charge is 2.35. The quantitative estimate of drug-likeness (QED) is 0.311. The van der Waals surface area contributed by atoms with Crippen LogP contribution in [0.1, 0.15) is 38.8 Å². The molecule has 0 fully saturated rings. The number of alkyl halides is 3. The van der Waals surface area contributed by atoms with E-state index in [0.29, 0.717) is 24.5 Å². The molecule has 0 saturated carbocycles. The molecule has 1 rings (SSSR count). The standard InChI is InChI=1S/C22H28ClF3N2O/c1-15-8-7-9-19(23)17(15)10-11-28(14-21(3,4)5)20(13-29)18(12-27-6)16(2)22(24,25)26/h7-9,12H,10-11,14H2,1-6H3/b18-16-,27-12-. The van der Waals surface area contributed by atoms with Crippen molar-refractivity contribution in [1.82, 2.24) is 4.90 Å². The number of rotatable bonds is 7. The molecule has 0 N–H and O–H groups in total. The molecular weight excluding hydrogens is 401 g/mol. The van der Waals surface area contributed by atoms with Gasteiger partial charge < -0.3 is 4.90 Å². The first-order chi connectivity index (χ1) is 13.3. The Kier molecular flexibility index (Phi) is 8.73. The van der Waals surface area contributed by atoms with E-state index in [1.165, 1.54) is 7.05 Å². The Morgan fingerprint density at radius 1 is 1.28 bits per heavy atom. The third-order valence-electron chi connectivity index (χ3n) is 4.41. The van der Waals surface area contributed by atoms with Crippen LogP contribution in [0.2, 0.25) is 5.02 Å². The van der Waals surface area contributed by atoms with E-state index < -0.39 is 11.7 Å². The van der Waals surface area contributed by atoms with Crippen molar-refractivity contribution >= 4 is 23.8 Å². The fourth-order valence-corrected chi connectivity index (χ4v) is 3.30. The number of hydrogen-bond acceptors (Lipinski definition) is 3. The van der Waals surface area contributed by atoms with Gasteiger partial charge in [0.15, 0.2) is 5.94 Å². The Morgan fingerprint density at radius 3 is 2.34 bits per heavy atom. The van der Waals surface area contributed by atoms with Crippen molar-refractivity contribution in [3.05, 3.63) is 51.2 Å². The van der Waals surface area contributed by atoms with Crippen LogP contribution in [-0.4, -0.2) is 43.4 Å². The first kappa shape index (κ1) is 25.0. The van der Waals surface area contributed by atoms with Gasteiger partial charge in [0.1, 0.15) is 5.70 Å². The molecule has 1 aromatic rings. The molecule has 0 aliphatic carbocycles. The second kappa shape index (κ2) is 10.1. The normalized spacial score (nSPS) is 13.3. The van der Waals surface area contributed by atoms with Crippen molar-refractivity contribution in [2.45, 2.75) is 47.2 Å². The van der Waals surface area contributed by atoms with E-state index in [-0.39, 0.29) is 16.7 Å². The fraction of sp³-hybridized carbons (Fsp3) is 0.500. The summed E-state index contributed by atoms with van der Waals surface area (Å²) in [5, 5.41) is 0.592. The topological polar surface area (TPSA) is 32.7 Å². The zero-order valence-corrected chi connectivity index (χ0v) is 18.5. The van der Waals surface area contributed by atoms with Crippen LogP contribution >= 0.6 is 11.6 Å². The Bertz CT molecular complexity index is 809. The number of hydrogen-bond donors (Lipinski definition) is 0. The third-order valence-corrected chi connectivity index (χ3v) is 4.76. The first-order valence-corrected chi connectivity index (χ1v) is 9.64. The van der Waals surface area contributed by atoms with Crippen LogP contribution in [0.15, 0.2) is 40.0 Å². The average Bonchev–Trinajstić information content (AvgIpc) is 2.58. The maximum Gasteiger partial charge on any atom is 0.413 e. The highest BCUT2D eigenvalue weighted by molar-refractivity contribution is 6.31. The van der Waals surface area contributed by atoms with Crippen LogP contribution < -0.4 is 0 Å². The maximum atomic E-state index is 13.4. The molecule has 0 radical (unpaired) electrons. The lowest BCUT2D eigenvalue weighted by Crippen LogP contribution is -2.35. The largest absolute Gasteiger partial charge is 0.413 e. The summed E-state index contributed by atoms with van der Waals surface area (Å²) < 4.78 is 40.1. The van der Waals surface area contributed by atoms with Gasteiger partial charge in [0.25, 0.3) is 0 Å². The van der Waals surface area contributed by atoms with Crippen LogP contribution in [0.5, 0.6) is 0 Å². The molecule has 7 heteroatoms. The molecule has 0 aliphatic rings. The van der Waals surface area contributed by atoms with E-state index in [1.807, 2.05) is 39.8 Å². The van der Waals surface area contributed by atoms with E-state index in [2.05, 4.69) is 4.99 Å². The molecule has 1 aromatic carbocycles. The number of aryl methyl sites for hydroxylation is 1. The lowest BCUT2D eigenvalue weighted by atomic mass is 9.94. The van der Waals surface area contributed by atoms with Crippen LogP contribution in [0.4, 0.5) is 13.2 Å². The number of aliphatic imine (C=N–C) groups is 1. The monoisotopic (exact) mass is 428 g/mol. The summed E-state index contributed by atoms with van der Waals surface area (Å²) in [6.45, 7) is 9.42. The molecule has 0 aromatic heterocycles. The summed E-state index contributed by atoms with van der Waals surface area (Å²) in [7, 11) is 1.37. The van der Waals surface area contributed by atoms with Crippen LogP contribution in [-0.2, 0) is 11.2 Å². The molecule has 0 bridgehead atoms. The number of benzene rings is 1. The van der Waals surface area contributed by atoms with E-state index in [1.54, 1.807) is 16.9 Å². The zero-order valence-electron chi connectivity index (χ0n) is 17.7. The molecule has 160 valence electrons. The van der Waals surface area contributed by atoms with Crippen molar-refractivity contribution in [2.75, 3.05) is 20.1 Å². The van der Waals surface area contributed by atoms with Gasteiger partial charge in [-0.15, -0.1) is 0 Å². The number of allylic oxidation sites excluding steroid dienone is 2. The van der Waals surface area contributed by atoms with E-state index in [9.17, 15) is 18.0 Å². The summed E-state index contributed by atoms with van der Waals surface area (Å²) in [6, 6.07) is 5.54. The lowest BCUT2D eigenvalue weighted by Gasteiger charge is -2.33. The van der Waals surface area contributed by atoms with Gasteiger partial charge in [-0.2, -0.15) is 13.2 Å². The van der Waals surface area contributed by atoms with Gasteiger partial charge in [0.2, 0.25) is 0 Å². The van der Waals surface area contributed by atoms with Gasteiger partial charge in [-0.05, 0) is 42.9 Å². The predicted octanol–water partition coefficient (Wildman–Crippen LogP) is 5.83. The van der Waals surface area contributed by atoms with E-state index in [4.69, 9.17) is 11.6 Å². The van der Waals surface area contributed by atoms with Crippen molar-refractivity contribution < 1.29 is 18.0 Å². The van der Waals surface area contributed by atoms with E-state index in [0.717, 1.165) is 24.3 Å². The Hall–Kier alpha value is -2.04. The maximum absolute atomic E-state index is 13.4. The Balaban J connectivity index is 3.42. The molecule has 0 saturated heterocycles. The van der Waals surface area contributed by atoms with Crippen molar-refractivity contribution in [3.8, 4) is 0 Å². The third kappa shape index (κ3) is 7.37. The Morgan fingerprint density at radius 2 is 1.90 bits per heavy atom. The molecule has 0 amide bonds. The minimum absolute atomic E-state index is 0.148. The van der Waals surface area contributed by atoms with Crippen molar-refractivity contribution in [2.24, 2.45) is 10.4 Å². The highest BCUT2D eigenvalue weighted by Crippen LogP contribution is 2.31. The molecular formula is C22H28ClF3N2O. The molecule has 3 nitrogen and oxygen atoms in total.